The monoisotopic (exact) mass is 358 g/mol. The van der Waals surface area contributed by atoms with Crippen molar-refractivity contribution in [2.24, 2.45) is 17.6 Å². The Balaban J connectivity index is -0.000000144. The summed E-state index contributed by atoms with van der Waals surface area (Å²) in [5, 5.41) is 0. The van der Waals surface area contributed by atoms with E-state index in [0.29, 0.717) is 19.4 Å². The van der Waals surface area contributed by atoms with Gasteiger partial charge in [-0.25, -0.2) is 0 Å². The number of esters is 1. The number of quaternary nitrogens is 1. The minimum absolute atomic E-state index is 0. The van der Waals surface area contributed by atoms with Crippen molar-refractivity contribution in [3.63, 3.8) is 0 Å². The largest absolute Gasteiger partial charge is 1.00 e. The van der Waals surface area contributed by atoms with Crippen molar-refractivity contribution in [1.82, 2.24) is 0 Å². The molecule has 2 N–H and O–H groups in total. The van der Waals surface area contributed by atoms with Crippen LogP contribution in [0.25, 0.3) is 0 Å². The summed E-state index contributed by atoms with van der Waals surface area (Å²) < 4.78 is 5.95. The molecular formula is C17H43ClN2O3. The molecule has 0 radical (unpaired) electrons. The zero-order valence-corrected chi connectivity index (χ0v) is 13.4. The normalized spacial score (nSPS) is 11.7. The number of hydrogen-bond donors (Lipinski definition) is 1. The van der Waals surface area contributed by atoms with Crippen LogP contribution >= 0.6 is 0 Å². The first-order valence-corrected chi connectivity index (χ1v) is 6.43. The number of likely N-dealkylation sites (N-methyl/N-ethyl adjacent to an activating group) is 1. The van der Waals surface area contributed by atoms with Crippen LogP contribution in [-0.4, -0.2) is 50.7 Å². The number of halogens is 1. The highest BCUT2D eigenvalue weighted by atomic mass is 35.5. The van der Waals surface area contributed by atoms with E-state index >= 15 is 0 Å². The summed E-state index contributed by atoms with van der Waals surface area (Å²) in [5.74, 6) is -1.12. The van der Waals surface area contributed by atoms with Crippen LogP contribution in [0.4, 0.5) is 0 Å². The van der Waals surface area contributed by atoms with Gasteiger partial charge in [0.2, 0.25) is 5.91 Å². The van der Waals surface area contributed by atoms with Crippen LogP contribution in [0.15, 0.2) is 0 Å². The second kappa shape index (κ2) is 17.5. The van der Waals surface area contributed by atoms with Crippen LogP contribution in [0.1, 0.15) is 56.4 Å². The fourth-order valence-electron chi connectivity index (χ4n) is 1.57. The lowest BCUT2D eigenvalue weighted by Crippen LogP contribution is -3.00. The molecule has 0 heterocycles. The molecule has 6 heteroatoms. The Labute approximate surface area is 152 Å². The number of rotatable bonds is 8. The molecule has 0 rings (SSSR count). The Morgan fingerprint density at radius 3 is 1.83 bits per heavy atom. The highest BCUT2D eigenvalue weighted by Gasteiger charge is 2.22. The van der Waals surface area contributed by atoms with E-state index in [-0.39, 0.29) is 65.8 Å². The van der Waals surface area contributed by atoms with Crippen LogP contribution < -0.4 is 18.1 Å². The minimum Gasteiger partial charge on any atom is -1.00 e. The fraction of sp³-hybridized carbons (Fsp3) is 0.882. The second-order valence-corrected chi connectivity index (χ2v) is 5.83. The van der Waals surface area contributed by atoms with Crippen molar-refractivity contribution in [2.75, 3.05) is 34.3 Å². The van der Waals surface area contributed by atoms with Crippen molar-refractivity contribution in [3.8, 4) is 0 Å². The lowest BCUT2D eigenvalue weighted by molar-refractivity contribution is -0.870. The Morgan fingerprint density at radius 1 is 1.09 bits per heavy atom. The van der Waals surface area contributed by atoms with Crippen LogP contribution in [0, 0.1) is 11.8 Å². The summed E-state index contributed by atoms with van der Waals surface area (Å²) in [7, 11) is 6.12. The van der Waals surface area contributed by atoms with Gasteiger partial charge in [0.25, 0.3) is 0 Å². The number of amides is 1. The van der Waals surface area contributed by atoms with Gasteiger partial charge in [-0.05, 0) is 12.8 Å². The first-order chi connectivity index (χ1) is 8.17. The number of carbonyl (C=O) groups excluding carboxylic acids is 2. The van der Waals surface area contributed by atoms with E-state index in [2.05, 4.69) is 0 Å². The second-order valence-electron chi connectivity index (χ2n) is 5.83. The van der Waals surface area contributed by atoms with E-state index in [9.17, 15) is 9.59 Å². The quantitative estimate of drug-likeness (QED) is 0.502. The molecule has 146 valence electrons. The zero-order valence-electron chi connectivity index (χ0n) is 12.6. The SMILES string of the molecule is C.C.C.C.CCC(CC(C)C(=O)OCC[N+](C)(C)C)C(N)=O.[Cl-]. The predicted octanol–water partition coefficient (Wildman–Crippen LogP) is 0.322. The third-order valence-electron chi connectivity index (χ3n) is 2.94. The fourth-order valence-corrected chi connectivity index (χ4v) is 1.57. The lowest BCUT2D eigenvalue weighted by atomic mass is 9.93. The van der Waals surface area contributed by atoms with Gasteiger partial charge < -0.3 is 27.4 Å². The predicted molar refractivity (Wildman–Crippen MR) is 97.5 cm³/mol. The molecule has 0 fully saturated rings. The van der Waals surface area contributed by atoms with Crippen molar-refractivity contribution in [2.45, 2.75) is 56.4 Å². The summed E-state index contributed by atoms with van der Waals surface area (Å²) in [5.41, 5.74) is 5.26. The molecule has 2 atom stereocenters. The number of carbonyl (C=O) groups is 2. The molecule has 2 unspecified atom stereocenters. The standard InChI is InChI=1S/C13H26N2O3.4CH4.ClH/c1-6-11(12(14)16)9-10(2)13(17)18-8-7-15(3,4)5;;;;;/h10-11H,6-9H2,1-5H3,(H-,14,16);4*1H4;1H. The average molecular weight is 359 g/mol. The Bertz CT molecular complexity index is 292. The Kier molecular flexibility index (Phi) is 29.0. The van der Waals surface area contributed by atoms with E-state index in [1.165, 1.54) is 0 Å². The molecular weight excluding hydrogens is 316 g/mol. The summed E-state index contributed by atoms with van der Waals surface area (Å²) in [6, 6.07) is 0. The summed E-state index contributed by atoms with van der Waals surface area (Å²) in [4.78, 5) is 22.8. The molecule has 0 aliphatic carbocycles. The van der Waals surface area contributed by atoms with Gasteiger partial charge in [0.15, 0.2) is 0 Å². The van der Waals surface area contributed by atoms with E-state index < -0.39 is 0 Å². The molecule has 0 bridgehead atoms. The molecule has 23 heavy (non-hydrogen) atoms. The number of hydrogen-bond acceptors (Lipinski definition) is 3. The first-order valence-electron chi connectivity index (χ1n) is 6.43. The van der Waals surface area contributed by atoms with Gasteiger partial charge in [-0.15, -0.1) is 0 Å². The third-order valence-corrected chi connectivity index (χ3v) is 2.94. The maximum atomic E-state index is 11.7. The molecule has 0 aromatic rings. The van der Waals surface area contributed by atoms with Crippen molar-refractivity contribution in [1.29, 1.82) is 0 Å². The van der Waals surface area contributed by atoms with E-state index in [1.807, 2.05) is 28.1 Å². The number of ether oxygens (including phenoxy) is 1. The van der Waals surface area contributed by atoms with Crippen molar-refractivity contribution in [3.05, 3.63) is 0 Å². The molecule has 0 aliphatic heterocycles. The van der Waals surface area contributed by atoms with Gasteiger partial charge in [0.05, 0.1) is 27.1 Å². The van der Waals surface area contributed by atoms with Gasteiger partial charge in [-0.2, -0.15) is 0 Å². The molecule has 1 amide bonds. The summed E-state index contributed by atoms with van der Waals surface area (Å²) >= 11 is 0. The third kappa shape index (κ3) is 19.1. The topological polar surface area (TPSA) is 69.4 Å². The van der Waals surface area contributed by atoms with Gasteiger partial charge in [0.1, 0.15) is 13.2 Å². The molecule has 0 spiro atoms. The molecule has 0 aromatic carbocycles. The number of primary amides is 1. The van der Waals surface area contributed by atoms with Crippen LogP contribution in [-0.2, 0) is 14.3 Å². The average Bonchev–Trinajstić information content (AvgIpc) is 2.22. The molecule has 5 nitrogen and oxygen atoms in total. The lowest BCUT2D eigenvalue weighted by Gasteiger charge is -2.24. The van der Waals surface area contributed by atoms with Crippen molar-refractivity contribution >= 4 is 11.9 Å². The van der Waals surface area contributed by atoms with Gasteiger partial charge in [0, 0.05) is 5.92 Å². The van der Waals surface area contributed by atoms with Gasteiger partial charge >= 0.3 is 5.97 Å². The Hall–Kier alpha value is -0.810. The first kappa shape index (κ1) is 38.0. The van der Waals surface area contributed by atoms with Crippen LogP contribution in [0.2, 0.25) is 0 Å². The highest BCUT2D eigenvalue weighted by molar-refractivity contribution is 5.78. The summed E-state index contributed by atoms with van der Waals surface area (Å²) in [6.07, 6.45) is 1.13. The molecule has 0 saturated carbocycles. The van der Waals surface area contributed by atoms with Crippen LogP contribution in [0.3, 0.4) is 0 Å². The summed E-state index contributed by atoms with van der Waals surface area (Å²) in [6.45, 7) is 4.84. The molecule has 0 aliphatic rings. The Morgan fingerprint density at radius 2 is 1.52 bits per heavy atom. The van der Waals surface area contributed by atoms with E-state index in [4.69, 9.17) is 10.5 Å². The zero-order chi connectivity index (χ0) is 14.3. The maximum Gasteiger partial charge on any atom is 0.308 e. The van der Waals surface area contributed by atoms with E-state index in [1.54, 1.807) is 6.92 Å². The number of nitrogens with zero attached hydrogens (tertiary/aromatic N) is 1. The molecule has 0 saturated heterocycles. The van der Waals surface area contributed by atoms with E-state index in [0.717, 1.165) is 11.0 Å². The van der Waals surface area contributed by atoms with Crippen molar-refractivity contribution < 1.29 is 31.2 Å². The highest BCUT2D eigenvalue weighted by Crippen LogP contribution is 2.16. The number of nitrogens with two attached hydrogens (primary N) is 1. The minimum atomic E-state index is -0.344. The maximum absolute atomic E-state index is 11.7. The van der Waals surface area contributed by atoms with Crippen LogP contribution in [0.5, 0.6) is 0 Å². The molecule has 0 aromatic heterocycles. The van der Waals surface area contributed by atoms with Gasteiger partial charge in [-0.1, -0.05) is 43.6 Å². The smallest absolute Gasteiger partial charge is 0.308 e. The van der Waals surface area contributed by atoms with Gasteiger partial charge in [-0.3, -0.25) is 9.59 Å².